The number of benzene rings is 1. The highest BCUT2D eigenvalue weighted by Crippen LogP contribution is 2.15. The summed E-state index contributed by atoms with van der Waals surface area (Å²) in [4.78, 5) is 11.6. The topological polar surface area (TPSA) is 67.2 Å². The van der Waals surface area contributed by atoms with Crippen LogP contribution in [-0.4, -0.2) is 17.6 Å². The molecule has 2 aromatic rings. The van der Waals surface area contributed by atoms with Gasteiger partial charge in [-0.1, -0.05) is 11.2 Å². The summed E-state index contributed by atoms with van der Waals surface area (Å²) in [6.07, 6.45) is 0. The first-order valence-electron chi connectivity index (χ1n) is 5.78. The molecular weight excluding hydrogens is 249 g/mol. The summed E-state index contributed by atoms with van der Waals surface area (Å²) in [5, 5.41) is 9.06. The van der Waals surface area contributed by atoms with Crippen molar-refractivity contribution in [3.8, 4) is 0 Å². The Kier molecular flexibility index (Phi) is 3.79. The predicted molar refractivity (Wildman–Crippen MR) is 69.5 cm³/mol. The van der Waals surface area contributed by atoms with Gasteiger partial charge in [-0.25, -0.2) is 4.39 Å². The first-order chi connectivity index (χ1) is 9.04. The zero-order valence-corrected chi connectivity index (χ0v) is 10.7. The number of aryl methyl sites for hydroxylation is 2. The smallest absolute Gasteiger partial charge is 0.246 e. The van der Waals surface area contributed by atoms with Gasteiger partial charge in [-0.3, -0.25) is 10.1 Å². The van der Waals surface area contributed by atoms with Crippen LogP contribution >= 0.6 is 0 Å². The molecule has 1 aromatic heterocycles. The maximum Gasteiger partial charge on any atom is 0.246 e. The second kappa shape index (κ2) is 5.51. The number of aromatic nitrogens is 1. The number of nitrogens with zero attached hydrogens (tertiary/aromatic N) is 1. The van der Waals surface area contributed by atoms with Gasteiger partial charge in [-0.05, 0) is 31.5 Å². The van der Waals surface area contributed by atoms with E-state index < -0.39 is 0 Å². The summed E-state index contributed by atoms with van der Waals surface area (Å²) in [5.41, 5.74) is 2.14. The highest BCUT2D eigenvalue weighted by atomic mass is 19.1. The lowest BCUT2D eigenvalue weighted by atomic mass is 10.2. The minimum Gasteiger partial charge on any atom is -0.376 e. The highest BCUT2D eigenvalue weighted by Gasteiger charge is 2.07. The van der Waals surface area contributed by atoms with Gasteiger partial charge in [0.2, 0.25) is 11.8 Å². The Morgan fingerprint density at radius 2 is 2.16 bits per heavy atom. The standard InChI is InChI=1S/C13H14FN3O2/c1-8-3-4-10(14)6-11(8)15-7-12(18)16-13-5-9(2)17-19-13/h3-6,15H,7H2,1-2H3,(H,16,18). The van der Waals surface area contributed by atoms with Gasteiger partial charge in [-0.2, -0.15) is 0 Å². The summed E-state index contributed by atoms with van der Waals surface area (Å²) in [6.45, 7) is 3.61. The number of hydrogen-bond donors (Lipinski definition) is 2. The number of carbonyl (C=O) groups is 1. The van der Waals surface area contributed by atoms with Crippen molar-refractivity contribution in [1.82, 2.24) is 5.16 Å². The molecule has 0 saturated heterocycles. The van der Waals surface area contributed by atoms with E-state index in [4.69, 9.17) is 4.52 Å². The van der Waals surface area contributed by atoms with Crippen LogP contribution < -0.4 is 10.6 Å². The zero-order chi connectivity index (χ0) is 13.8. The van der Waals surface area contributed by atoms with Crippen LogP contribution in [0.25, 0.3) is 0 Å². The normalized spacial score (nSPS) is 10.3. The van der Waals surface area contributed by atoms with E-state index in [1.54, 1.807) is 19.1 Å². The Bertz CT molecular complexity index is 595. The number of hydrogen-bond acceptors (Lipinski definition) is 4. The fourth-order valence-electron chi connectivity index (χ4n) is 1.56. The second-order valence-electron chi connectivity index (χ2n) is 4.19. The van der Waals surface area contributed by atoms with Crippen LogP contribution in [0.3, 0.4) is 0 Å². The number of amides is 1. The number of anilines is 2. The number of nitrogens with one attached hydrogen (secondary N) is 2. The maximum absolute atomic E-state index is 13.1. The fraction of sp³-hybridized carbons (Fsp3) is 0.231. The Labute approximate surface area is 109 Å². The van der Waals surface area contributed by atoms with Crippen LogP contribution in [-0.2, 0) is 4.79 Å². The summed E-state index contributed by atoms with van der Waals surface area (Å²) in [6, 6.07) is 5.99. The van der Waals surface area contributed by atoms with Gasteiger partial charge >= 0.3 is 0 Å². The van der Waals surface area contributed by atoms with Crippen LogP contribution in [0.5, 0.6) is 0 Å². The molecule has 0 saturated carbocycles. The second-order valence-corrected chi connectivity index (χ2v) is 4.19. The Morgan fingerprint density at radius 1 is 1.37 bits per heavy atom. The van der Waals surface area contributed by atoms with Gasteiger partial charge in [0.15, 0.2) is 0 Å². The monoisotopic (exact) mass is 263 g/mol. The maximum atomic E-state index is 13.1. The van der Waals surface area contributed by atoms with Crippen LogP contribution in [0.15, 0.2) is 28.8 Å². The van der Waals surface area contributed by atoms with Crippen molar-refractivity contribution in [2.24, 2.45) is 0 Å². The molecule has 0 aliphatic carbocycles. The molecule has 0 fully saturated rings. The largest absolute Gasteiger partial charge is 0.376 e. The first-order valence-corrected chi connectivity index (χ1v) is 5.78. The predicted octanol–water partition coefficient (Wildman–Crippen LogP) is 2.48. The molecule has 2 rings (SSSR count). The summed E-state index contributed by atoms with van der Waals surface area (Å²) in [5.74, 6) is -0.348. The van der Waals surface area contributed by atoms with Crippen LogP contribution in [0.4, 0.5) is 16.0 Å². The van der Waals surface area contributed by atoms with Crippen molar-refractivity contribution < 1.29 is 13.7 Å². The molecule has 0 atom stereocenters. The van der Waals surface area contributed by atoms with E-state index in [2.05, 4.69) is 15.8 Å². The molecule has 100 valence electrons. The molecule has 0 unspecified atom stereocenters. The molecule has 0 spiro atoms. The zero-order valence-electron chi connectivity index (χ0n) is 10.7. The summed E-state index contributed by atoms with van der Waals surface area (Å²) >= 11 is 0. The van der Waals surface area contributed by atoms with Gasteiger partial charge in [0.25, 0.3) is 0 Å². The average molecular weight is 263 g/mol. The minimum absolute atomic E-state index is 0.0179. The summed E-state index contributed by atoms with van der Waals surface area (Å²) < 4.78 is 17.9. The quantitative estimate of drug-likeness (QED) is 0.889. The third-order valence-corrected chi connectivity index (χ3v) is 2.53. The highest BCUT2D eigenvalue weighted by molar-refractivity contribution is 5.92. The molecule has 19 heavy (non-hydrogen) atoms. The van der Waals surface area contributed by atoms with E-state index in [9.17, 15) is 9.18 Å². The molecule has 0 bridgehead atoms. The Morgan fingerprint density at radius 3 is 2.84 bits per heavy atom. The Balaban J connectivity index is 1.91. The van der Waals surface area contributed by atoms with E-state index in [1.165, 1.54) is 12.1 Å². The molecule has 6 heteroatoms. The molecule has 5 nitrogen and oxygen atoms in total. The van der Waals surface area contributed by atoms with Crippen LogP contribution in [0, 0.1) is 19.7 Å². The van der Waals surface area contributed by atoms with Crippen molar-refractivity contribution in [3.05, 3.63) is 41.3 Å². The van der Waals surface area contributed by atoms with Crippen LogP contribution in [0.2, 0.25) is 0 Å². The van der Waals surface area contributed by atoms with Gasteiger partial charge in [0, 0.05) is 11.8 Å². The number of carbonyl (C=O) groups excluding carboxylic acids is 1. The van der Waals surface area contributed by atoms with Gasteiger partial charge < -0.3 is 9.84 Å². The average Bonchev–Trinajstić information content (AvgIpc) is 2.76. The molecule has 1 amide bonds. The van der Waals surface area contributed by atoms with Crippen molar-refractivity contribution >= 4 is 17.5 Å². The molecule has 1 heterocycles. The van der Waals surface area contributed by atoms with Gasteiger partial charge in [-0.15, -0.1) is 0 Å². The lowest BCUT2D eigenvalue weighted by molar-refractivity contribution is -0.114. The van der Waals surface area contributed by atoms with Crippen LogP contribution in [0.1, 0.15) is 11.3 Å². The molecule has 0 radical (unpaired) electrons. The van der Waals surface area contributed by atoms with E-state index in [0.717, 1.165) is 5.56 Å². The number of halogens is 1. The van der Waals surface area contributed by atoms with Crippen molar-refractivity contribution in [2.75, 3.05) is 17.2 Å². The Hall–Kier alpha value is -2.37. The first kappa shape index (κ1) is 13.1. The van der Waals surface area contributed by atoms with Gasteiger partial charge in [0.05, 0.1) is 12.2 Å². The van der Waals surface area contributed by atoms with E-state index >= 15 is 0 Å². The third kappa shape index (κ3) is 3.54. The lowest BCUT2D eigenvalue weighted by Gasteiger charge is -2.08. The molecular formula is C13H14FN3O2. The lowest BCUT2D eigenvalue weighted by Crippen LogP contribution is -2.21. The van der Waals surface area contributed by atoms with Crippen molar-refractivity contribution in [3.63, 3.8) is 0 Å². The van der Waals surface area contributed by atoms with Crippen molar-refractivity contribution in [1.29, 1.82) is 0 Å². The summed E-state index contributed by atoms with van der Waals surface area (Å²) in [7, 11) is 0. The minimum atomic E-state index is -0.348. The molecule has 0 aliphatic rings. The SMILES string of the molecule is Cc1cc(NC(=O)CNc2cc(F)ccc2C)on1. The van der Waals surface area contributed by atoms with Crippen molar-refractivity contribution in [2.45, 2.75) is 13.8 Å². The molecule has 0 aliphatic heterocycles. The van der Waals surface area contributed by atoms with Gasteiger partial charge in [0.1, 0.15) is 5.82 Å². The van der Waals surface area contributed by atoms with E-state index in [0.29, 0.717) is 17.3 Å². The third-order valence-electron chi connectivity index (χ3n) is 2.53. The molecule has 1 aromatic carbocycles. The van der Waals surface area contributed by atoms with E-state index in [-0.39, 0.29) is 18.3 Å². The molecule has 2 N–H and O–H groups in total. The fourth-order valence-corrected chi connectivity index (χ4v) is 1.56. The number of rotatable bonds is 4. The van der Waals surface area contributed by atoms with E-state index in [1.807, 2.05) is 6.92 Å².